The van der Waals surface area contributed by atoms with Gasteiger partial charge in [-0.1, -0.05) is 6.42 Å². The third-order valence-corrected chi connectivity index (χ3v) is 4.73. The summed E-state index contributed by atoms with van der Waals surface area (Å²) in [4.78, 5) is 32.3. The van der Waals surface area contributed by atoms with Crippen LogP contribution in [0.25, 0.3) is 10.2 Å². The first-order valence-electron chi connectivity index (χ1n) is 7.91. The van der Waals surface area contributed by atoms with Crippen LogP contribution in [0.3, 0.4) is 0 Å². The average Bonchev–Trinajstić information content (AvgIpc) is 2.88. The number of carbonyl (C=O) groups excluding carboxylic acids is 1. The number of carbonyl (C=O) groups is 2. The van der Waals surface area contributed by atoms with E-state index in [1.165, 1.54) is 17.7 Å². The molecule has 138 valence electrons. The van der Waals surface area contributed by atoms with Crippen molar-refractivity contribution in [2.24, 2.45) is 0 Å². The lowest BCUT2D eigenvalue weighted by molar-refractivity contribution is -0.137. The summed E-state index contributed by atoms with van der Waals surface area (Å²) in [5.74, 6) is -0.402. The fourth-order valence-corrected chi connectivity index (χ4v) is 3.42. The van der Waals surface area contributed by atoms with Crippen molar-refractivity contribution in [3.8, 4) is 0 Å². The minimum atomic E-state index is -0.763. The third-order valence-electron chi connectivity index (χ3n) is 3.55. The molecule has 0 bridgehead atoms. The van der Waals surface area contributed by atoms with Crippen molar-refractivity contribution in [1.29, 1.82) is 0 Å². The molecule has 2 heterocycles. The molecule has 2 N–H and O–H groups in total. The van der Waals surface area contributed by atoms with Crippen LogP contribution >= 0.6 is 23.7 Å². The summed E-state index contributed by atoms with van der Waals surface area (Å²) in [5.41, 5.74) is 0.822. The Morgan fingerprint density at radius 1 is 1.28 bits per heavy atom. The molecule has 2 rings (SSSR count). The Balaban J connectivity index is 0.00000312. The van der Waals surface area contributed by atoms with Crippen molar-refractivity contribution in [3.05, 3.63) is 16.8 Å². The van der Waals surface area contributed by atoms with Crippen molar-refractivity contribution in [2.75, 3.05) is 18.5 Å². The highest BCUT2D eigenvalue weighted by Crippen LogP contribution is 2.33. The number of halogens is 1. The monoisotopic (exact) mass is 387 g/mol. The first kappa shape index (κ1) is 21.1. The number of hydrogen-bond donors (Lipinski definition) is 2. The van der Waals surface area contributed by atoms with Gasteiger partial charge in [-0.25, -0.2) is 14.8 Å². The maximum absolute atomic E-state index is 12.0. The van der Waals surface area contributed by atoms with E-state index in [0.717, 1.165) is 28.6 Å². The highest BCUT2D eigenvalue weighted by molar-refractivity contribution is 7.20. The van der Waals surface area contributed by atoms with Gasteiger partial charge in [0.1, 0.15) is 21.9 Å². The number of nitrogens with zero attached hydrogens (tertiary/aromatic N) is 2. The molecule has 0 unspecified atom stereocenters. The molecule has 0 saturated heterocycles. The highest BCUT2D eigenvalue weighted by atomic mass is 35.5. The molecule has 0 atom stereocenters. The smallest absolute Gasteiger partial charge is 0.348 e. The quantitative estimate of drug-likeness (QED) is 0.500. The fourth-order valence-electron chi connectivity index (χ4n) is 2.38. The summed E-state index contributed by atoms with van der Waals surface area (Å²) >= 11 is 1.31. The summed E-state index contributed by atoms with van der Waals surface area (Å²) in [7, 11) is 0. The molecule has 0 aromatic carbocycles. The second-order valence-corrected chi connectivity index (χ2v) is 6.31. The second-order valence-electron chi connectivity index (χ2n) is 5.31. The number of fused-ring (bicyclic) bond motifs is 1. The molecular formula is C16H22ClN3O4S. The van der Waals surface area contributed by atoms with Gasteiger partial charge in [0.15, 0.2) is 0 Å². The standard InChI is InChI=1S/C16H21N3O4S.ClH/c1-3-23-16(22)13-10(2)12-14(18-9-19-15(12)24-13)17-8-6-4-5-7-11(20)21;/h9H,3-8H2,1-2H3,(H,20,21)(H,17,18,19);1H. The summed E-state index contributed by atoms with van der Waals surface area (Å²) in [6.07, 6.45) is 4.03. The van der Waals surface area contributed by atoms with Crippen LogP contribution in [0, 0.1) is 6.92 Å². The Kier molecular flexibility index (Phi) is 8.57. The van der Waals surface area contributed by atoms with Crippen LogP contribution < -0.4 is 5.32 Å². The lowest BCUT2D eigenvalue weighted by Crippen LogP contribution is -2.06. The Labute approximate surface area is 156 Å². The minimum absolute atomic E-state index is 0. The van der Waals surface area contributed by atoms with Gasteiger partial charge in [-0.3, -0.25) is 4.79 Å². The van der Waals surface area contributed by atoms with Gasteiger partial charge in [0.25, 0.3) is 0 Å². The molecule has 2 aromatic heterocycles. The van der Waals surface area contributed by atoms with Crippen molar-refractivity contribution in [3.63, 3.8) is 0 Å². The molecule has 25 heavy (non-hydrogen) atoms. The van der Waals surface area contributed by atoms with Gasteiger partial charge in [-0.05, 0) is 32.3 Å². The summed E-state index contributed by atoms with van der Waals surface area (Å²) in [6, 6.07) is 0. The van der Waals surface area contributed by atoms with E-state index in [9.17, 15) is 9.59 Å². The molecule has 0 aliphatic heterocycles. The van der Waals surface area contributed by atoms with Crippen molar-refractivity contribution in [1.82, 2.24) is 9.97 Å². The minimum Gasteiger partial charge on any atom is -0.481 e. The van der Waals surface area contributed by atoms with Gasteiger partial charge in [-0.2, -0.15) is 0 Å². The van der Waals surface area contributed by atoms with E-state index >= 15 is 0 Å². The highest BCUT2D eigenvalue weighted by Gasteiger charge is 2.19. The lowest BCUT2D eigenvalue weighted by atomic mass is 10.2. The summed E-state index contributed by atoms with van der Waals surface area (Å²) < 4.78 is 5.08. The van der Waals surface area contributed by atoms with Gasteiger partial charge in [-0.15, -0.1) is 23.7 Å². The molecule has 0 spiro atoms. The summed E-state index contributed by atoms with van der Waals surface area (Å²) in [6.45, 7) is 4.67. The van der Waals surface area contributed by atoms with Crippen LogP contribution in [0.15, 0.2) is 6.33 Å². The van der Waals surface area contributed by atoms with Crippen LogP contribution in [-0.4, -0.2) is 40.2 Å². The van der Waals surface area contributed by atoms with E-state index in [0.29, 0.717) is 30.3 Å². The molecule has 7 nitrogen and oxygen atoms in total. The maximum Gasteiger partial charge on any atom is 0.348 e. The molecule has 0 fully saturated rings. The predicted molar refractivity (Wildman–Crippen MR) is 100.0 cm³/mol. The van der Waals surface area contributed by atoms with Crippen LogP contribution in [0.5, 0.6) is 0 Å². The van der Waals surface area contributed by atoms with Gasteiger partial charge < -0.3 is 15.2 Å². The maximum atomic E-state index is 12.0. The number of hydrogen-bond acceptors (Lipinski definition) is 7. The Morgan fingerprint density at radius 2 is 2.04 bits per heavy atom. The molecule has 0 saturated carbocycles. The van der Waals surface area contributed by atoms with E-state index in [4.69, 9.17) is 9.84 Å². The van der Waals surface area contributed by atoms with E-state index in [-0.39, 0.29) is 24.8 Å². The second kappa shape index (κ2) is 10.1. The molecule has 9 heteroatoms. The average molecular weight is 388 g/mol. The SMILES string of the molecule is CCOC(=O)c1sc2ncnc(NCCCCCC(=O)O)c2c1C.Cl. The van der Waals surface area contributed by atoms with Gasteiger partial charge in [0.2, 0.25) is 0 Å². The molecule has 0 radical (unpaired) electrons. The number of thiophene rings is 1. The molecule has 0 aliphatic rings. The molecule has 0 aliphatic carbocycles. The van der Waals surface area contributed by atoms with Crippen LogP contribution in [-0.2, 0) is 9.53 Å². The number of carboxylic acid groups (broad SMARTS) is 1. The number of nitrogens with one attached hydrogen (secondary N) is 1. The Morgan fingerprint density at radius 3 is 2.72 bits per heavy atom. The van der Waals surface area contributed by atoms with Crippen LogP contribution in [0.1, 0.15) is 47.8 Å². The van der Waals surface area contributed by atoms with Crippen molar-refractivity contribution < 1.29 is 19.4 Å². The van der Waals surface area contributed by atoms with Gasteiger partial charge in [0.05, 0.1) is 12.0 Å². The van der Waals surface area contributed by atoms with Crippen LogP contribution in [0.2, 0.25) is 0 Å². The van der Waals surface area contributed by atoms with Crippen molar-refractivity contribution in [2.45, 2.75) is 39.5 Å². The number of ether oxygens (including phenoxy) is 1. The zero-order valence-corrected chi connectivity index (χ0v) is 15.8. The molecular weight excluding hydrogens is 366 g/mol. The zero-order valence-electron chi connectivity index (χ0n) is 14.2. The zero-order chi connectivity index (χ0) is 17.5. The van der Waals surface area contributed by atoms with E-state index in [1.807, 2.05) is 6.92 Å². The van der Waals surface area contributed by atoms with E-state index in [1.54, 1.807) is 6.92 Å². The van der Waals surface area contributed by atoms with E-state index in [2.05, 4.69) is 15.3 Å². The number of anilines is 1. The van der Waals surface area contributed by atoms with Crippen LogP contribution in [0.4, 0.5) is 5.82 Å². The Bertz CT molecular complexity index is 735. The number of aliphatic carboxylic acids is 1. The number of carboxylic acids is 1. The van der Waals surface area contributed by atoms with Gasteiger partial charge >= 0.3 is 11.9 Å². The predicted octanol–water partition coefficient (Wildman–Crippen LogP) is 3.66. The number of aromatic nitrogens is 2. The summed E-state index contributed by atoms with van der Waals surface area (Å²) in [5, 5.41) is 12.7. The molecule has 2 aromatic rings. The third kappa shape index (κ3) is 5.54. The van der Waals surface area contributed by atoms with E-state index < -0.39 is 5.97 Å². The van der Waals surface area contributed by atoms with Crippen molar-refractivity contribution >= 4 is 51.7 Å². The largest absolute Gasteiger partial charge is 0.481 e. The fraction of sp³-hybridized carbons (Fsp3) is 0.500. The first-order chi connectivity index (χ1) is 11.5. The topological polar surface area (TPSA) is 101 Å². The number of aryl methyl sites for hydroxylation is 1. The number of esters is 1. The number of unbranched alkanes of at least 4 members (excludes halogenated alkanes) is 2. The first-order valence-corrected chi connectivity index (χ1v) is 8.73. The lowest BCUT2D eigenvalue weighted by Gasteiger charge is -2.07. The van der Waals surface area contributed by atoms with Gasteiger partial charge in [0, 0.05) is 13.0 Å². The number of rotatable bonds is 9. The molecule has 0 amide bonds. The normalized spacial score (nSPS) is 10.3. The Hall–Kier alpha value is -1.93.